The number of carbonyl (C=O) groups is 1. The number of carbonyl (C=O) groups excluding carboxylic acids is 1. The van der Waals surface area contributed by atoms with Crippen LogP contribution in [0.5, 0.6) is 0 Å². The maximum atomic E-state index is 11.0. The van der Waals surface area contributed by atoms with E-state index in [-0.39, 0.29) is 0 Å². The van der Waals surface area contributed by atoms with Crippen LogP contribution in [0.3, 0.4) is 0 Å². The zero-order valence-corrected chi connectivity index (χ0v) is 8.55. The molecule has 1 unspecified atom stereocenters. The first kappa shape index (κ1) is 11.4. The molecule has 4 nitrogen and oxygen atoms in total. The van der Waals surface area contributed by atoms with Crippen molar-refractivity contribution in [2.24, 2.45) is 5.18 Å². The van der Waals surface area contributed by atoms with Gasteiger partial charge < -0.3 is 4.74 Å². The molecule has 0 heterocycles. The smallest absolute Gasteiger partial charge is 0.334 e. The molecule has 0 radical (unpaired) electrons. The van der Waals surface area contributed by atoms with Crippen molar-refractivity contribution in [2.75, 3.05) is 7.11 Å². The van der Waals surface area contributed by atoms with Crippen molar-refractivity contribution in [2.45, 2.75) is 18.9 Å². The number of nitrogens with zero attached hydrogens (tertiary/aromatic N) is 1. The molecule has 0 aromatic heterocycles. The first-order chi connectivity index (χ1) is 7.27. The number of esters is 1. The molecule has 0 amide bonds. The Morgan fingerprint density at radius 1 is 1.40 bits per heavy atom. The van der Waals surface area contributed by atoms with Gasteiger partial charge in [0.25, 0.3) is 0 Å². The SMILES string of the molecule is COC(=O)C(CCc1ccccc1)N=O. The minimum atomic E-state index is -0.893. The van der Waals surface area contributed by atoms with Gasteiger partial charge in [0.15, 0.2) is 6.04 Å². The van der Waals surface area contributed by atoms with Crippen LogP contribution in [0.4, 0.5) is 0 Å². The molecule has 1 aromatic carbocycles. The molecule has 1 rings (SSSR count). The standard InChI is InChI=1S/C11H13NO3/c1-15-11(13)10(12-14)8-7-9-5-3-2-4-6-9/h2-6,10H,7-8H2,1H3. The summed E-state index contributed by atoms with van der Waals surface area (Å²) in [5, 5.41) is 2.75. The molecule has 0 bridgehead atoms. The van der Waals surface area contributed by atoms with Gasteiger partial charge in [0.05, 0.1) is 7.11 Å². The van der Waals surface area contributed by atoms with Crippen molar-refractivity contribution in [1.82, 2.24) is 0 Å². The maximum Gasteiger partial charge on any atom is 0.334 e. The Labute approximate surface area is 88.2 Å². The Morgan fingerprint density at radius 2 is 2.07 bits per heavy atom. The minimum Gasteiger partial charge on any atom is -0.467 e. The van der Waals surface area contributed by atoms with E-state index in [0.29, 0.717) is 12.8 Å². The zero-order valence-electron chi connectivity index (χ0n) is 8.55. The first-order valence-corrected chi connectivity index (χ1v) is 4.72. The number of ether oxygens (including phenoxy) is 1. The number of rotatable bonds is 5. The fourth-order valence-corrected chi connectivity index (χ4v) is 1.30. The largest absolute Gasteiger partial charge is 0.467 e. The third kappa shape index (κ3) is 3.50. The summed E-state index contributed by atoms with van der Waals surface area (Å²) in [5.74, 6) is -0.569. The van der Waals surface area contributed by atoms with E-state index in [9.17, 15) is 9.70 Å². The number of benzene rings is 1. The fourth-order valence-electron chi connectivity index (χ4n) is 1.30. The van der Waals surface area contributed by atoms with E-state index >= 15 is 0 Å². The average Bonchev–Trinajstić information content (AvgIpc) is 2.31. The summed E-state index contributed by atoms with van der Waals surface area (Å²) in [7, 11) is 1.25. The van der Waals surface area contributed by atoms with E-state index in [1.807, 2.05) is 30.3 Å². The highest BCUT2D eigenvalue weighted by atomic mass is 16.5. The van der Waals surface area contributed by atoms with Crippen LogP contribution in [0.2, 0.25) is 0 Å². The van der Waals surface area contributed by atoms with Gasteiger partial charge in [-0.05, 0) is 18.4 Å². The van der Waals surface area contributed by atoms with Crippen LogP contribution >= 0.6 is 0 Å². The topological polar surface area (TPSA) is 55.7 Å². The van der Waals surface area contributed by atoms with Crippen molar-refractivity contribution in [3.05, 3.63) is 40.8 Å². The number of methoxy groups -OCH3 is 1. The Morgan fingerprint density at radius 3 is 2.60 bits per heavy atom. The Hall–Kier alpha value is -1.71. The van der Waals surface area contributed by atoms with Crippen LogP contribution in [0.15, 0.2) is 35.5 Å². The second-order valence-electron chi connectivity index (χ2n) is 3.17. The molecule has 1 atom stereocenters. The third-order valence-electron chi connectivity index (χ3n) is 2.15. The average molecular weight is 207 g/mol. The van der Waals surface area contributed by atoms with Crippen LogP contribution in [-0.4, -0.2) is 19.1 Å². The maximum absolute atomic E-state index is 11.0. The lowest BCUT2D eigenvalue weighted by Gasteiger charge is -2.06. The van der Waals surface area contributed by atoms with E-state index in [4.69, 9.17) is 0 Å². The van der Waals surface area contributed by atoms with Gasteiger partial charge in [0.1, 0.15) is 0 Å². The molecule has 0 aliphatic carbocycles. The highest BCUT2D eigenvalue weighted by molar-refractivity contribution is 5.75. The number of hydrogen-bond acceptors (Lipinski definition) is 4. The quantitative estimate of drug-likeness (QED) is 0.547. The first-order valence-electron chi connectivity index (χ1n) is 4.72. The summed E-state index contributed by atoms with van der Waals surface area (Å²) in [4.78, 5) is 21.4. The molecule has 0 saturated heterocycles. The Bertz CT molecular complexity index is 324. The summed E-state index contributed by atoms with van der Waals surface area (Å²) < 4.78 is 4.46. The van der Waals surface area contributed by atoms with Crippen molar-refractivity contribution in [3.63, 3.8) is 0 Å². The number of aryl methyl sites for hydroxylation is 1. The number of hydrogen-bond donors (Lipinski definition) is 0. The van der Waals surface area contributed by atoms with Crippen LogP contribution in [0.25, 0.3) is 0 Å². The van der Waals surface area contributed by atoms with Crippen LogP contribution in [0, 0.1) is 4.91 Å². The second-order valence-corrected chi connectivity index (χ2v) is 3.17. The van der Waals surface area contributed by atoms with Gasteiger partial charge in [-0.2, -0.15) is 0 Å². The van der Waals surface area contributed by atoms with E-state index < -0.39 is 12.0 Å². The van der Waals surface area contributed by atoms with Crippen LogP contribution < -0.4 is 0 Å². The van der Waals surface area contributed by atoms with Crippen LogP contribution in [0.1, 0.15) is 12.0 Å². The predicted molar refractivity (Wildman–Crippen MR) is 56.4 cm³/mol. The number of nitroso groups, excluding NO2 is 1. The highest BCUT2D eigenvalue weighted by Gasteiger charge is 2.19. The summed E-state index contributed by atoms with van der Waals surface area (Å²) in [6.07, 6.45) is 1.03. The normalized spacial score (nSPS) is 11.8. The lowest BCUT2D eigenvalue weighted by Crippen LogP contribution is -2.20. The van der Waals surface area contributed by atoms with Crippen LogP contribution in [-0.2, 0) is 16.0 Å². The third-order valence-corrected chi connectivity index (χ3v) is 2.15. The van der Waals surface area contributed by atoms with Crippen molar-refractivity contribution in [3.8, 4) is 0 Å². The monoisotopic (exact) mass is 207 g/mol. The molecule has 4 heteroatoms. The lowest BCUT2D eigenvalue weighted by atomic mass is 10.1. The van der Waals surface area contributed by atoms with Gasteiger partial charge in [0, 0.05) is 0 Å². The molecule has 0 saturated carbocycles. The Balaban J connectivity index is 2.48. The molecule has 0 aliphatic rings. The zero-order chi connectivity index (χ0) is 11.1. The minimum absolute atomic E-state index is 0.389. The van der Waals surface area contributed by atoms with Crippen molar-refractivity contribution < 1.29 is 9.53 Å². The molecular weight excluding hydrogens is 194 g/mol. The molecule has 0 aliphatic heterocycles. The molecule has 0 fully saturated rings. The molecule has 0 spiro atoms. The predicted octanol–water partition coefficient (Wildman–Crippen LogP) is 1.93. The Kier molecular flexibility index (Phi) is 4.47. The summed E-state index contributed by atoms with van der Waals surface area (Å²) in [5.41, 5.74) is 1.08. The molecular formula is C11H13NO3. The van der Waals surface area contributed by atoms with E-state index in [0.717, 1.165) is 5.56 Å². The van der Waals surface area contributed by atoms with Crippen molar-refractivity contribution in [1.29, 1.82) is 0 Å². The van der Waals surface area contributed by atoms with E-state index in [2.05, 4.69) is 9.91 Å². The summed E-state index contributed by atoms with van der Waals surface area (Å²) in [6.45, 7) is 0. The van der Waals surface area contributed by atoms with Gasteiger partial charge in [-0.1, -0.05) is 35.5 Å². The van der Waals surface area contributed by atoms with E-state index in [1.165, 1.54) is 7.11 Å². The van der Waals surface area contributed by atoms with Crippen molar-refractivity contribution >= 4 is 5.97 Å². The van der Waals surface area contributed by atoms with Gasteiger partial charge in [0.2, 0.25) is 0 Å². The summed E-state index contributed by atoms with van der Waals surface area (Å²) in [6, 6.07) is 8.74. The highest BCUT2D eigenvalue weighted by Crippen LogP contribution is 2.08. The summed E-state index contributed by atoms with van der Waals surface area (Å²) >= 11 is 0. The molecule has 80 valence electrons. The van der Waals surface area contributed by atoms with Gasteiger partial charge in [-0.15, -0.1) is 4.91 Å². The molecule has 0 N–H and O–H groups in total. The lowest BCUT2D eigenvalue weighted by molar-refractivity contribution is -0.142. The van der Waals surface area contributed by atoms with E-state index in [1.54, 1.807) is 0 Å². The van der Waals surface area contributed by atoms with Gasteiger partial charge >= 0.3 is 5.97 Å². The van der Waals surface area contributed by atoms with Gasteiger partial charge in [-0.3, -0.25) is 0 Å². The van der Waals surface area contributed by atoms with Gasteiger partial charge in [-0.25, -0.2) is 4.79 Å². The second kappa shape index (κ2) is 5.90. The molecule has 15 heavy (non-hydrogen) atoms. The molecule has 1 aromatic rings. The fraction of sp³-hybridized carbons (Fsp3) is 0.364.